The van der Waals surface area contributed by atoms with E-state index in [4.69, 9.17) is 13.9 Å². The average Bonchev–Trinajstić information content (AvgIpc) is 3.20. The molecule has 0 saturated heterocycles. The van der Waals surface area contributed by atoms with Crippen LogP contribution in [0, 0.1) is 12.3 Å². The Kier molecular flexibility index (Phi) is 6.31. The molecule has 0 saturated carbocycles. The molecule has 0 amide bonds. The molecule has 1 aliphatic rings. The van der Waals surface area contributed by atoms with E-state index in [-0.39, 0.29) is 17.0 Å². The third kappa shape index (κ3) is 4.48. The highest BCUT2D eigenvalue weighted by Crippen LogP contribution is 2.45. The van der Waals surface area contributed by atoms with Gasteiger partial charge >= 0.3 is 5.97 Å². The maximum Gasteiger partial charge on any atom is 0.341 e. The van der Waals surface area contributed by atoms with Gasteiger partial charge in [0.2, 0.25) is 5.89 Å². The molecule has 1 unspecified atom stereocenters. The summed E-state index contributed by atoms with van der Waals surface area (Å²) in [5.74, 6) is 0.120. The van der Waals surface area contributed by atoms with Crippen LogP contribution in [0.3, 0.4) is 0 Å². The van der Waals surface area contributed by atoms with Gasteiger partial charge in [-0.3, -0.25) is 4.79 Å². The van der Waals surface area contributed by atoms with E-state index in [9.17, 15) is 14.7 Å². The molecule has 4 rings (SSSR count). The number of carboxylic acid groups (broad SMARTS) is 1. The van der Waals surface area contributed by atoms with Gasteiger partial charge in [0, 0.05) is 50.9 Å². The Bertz CT molecular complexity index is 1280. The van der Waals surface area contributed by atoms with E-state index in [1.54, 1.807) is 14.0 Å². The number of aryl methyl sites for hydroxylation is 1. The Morgan fingerprint density at radius 3 is 2.59 bits per heavy atom. The summed E-state index contributed by atoms with van der Waals surface area (Å²) in [4.78, 5) is 24.3. The van der Waals surface area contributed by atoms with Crippen LogP contribution >= 0.6 is 0 Å². The van der Waals surface area contributed by atoms with Crippen LogP contribution in [0.4, 0.5) is 0 Å². The Morgan fingerprint density at radius 1 is 1.21 bits per heavy atom. The number of rotatable bonds is 7. The van der Waals surface area contributed by atoms with Gasteiger partial charge in [0.1, 0.15) is 11.3 Å². The zero-order valence-electron chi connectivity index (χ0n) is 20.0. The second kappa shape index (κ2) is 9.06. The predicted octanol–water partition coefficient (Wildman–Crippen LogP) is 4.13. The van der Waals surface area contributed by atoms with Gasteiger partial charge in [-0.15, -0.1) is 10.2 Å². The molecule has 3 heterocycles. The first-order chi connectivity index (χ1) is 16.1. The maximum atomic E-state index is 12.7. The van der Waals surface area contributed by atoms with Gasteiger partial charge in [0.25, 0.3) is 5.89 Å². The molecule has 1 atom stereocenters. The van der Waals surface area contributed by atoms with Gasteiger partial charge in [-0.1, -0.05) is 20.8 Å². The van der Waals surface area contributed by atoms with Crippen LogP contribution < -0.4 is 10.2 Å². The van der Waals surface area contributed by atoms with E-state index in [0.717, 1.165) is 17.5 Å². The molecule has 34 heavy (non-hydrogen) atoms. The molecule has 9 heteroatoms. The lowest BCUT2D eigenvalue weighted by Crippen LogP contribution is -2.32. The number of aromatic nitrogens is 3. The van der Waals surface area contributed by atoms with E-state index in [1.165, 1.54) is 12.3 Å². The normalized spacial score (nSPS) is 15.0. The molecule has 1 N–H and O–H groups in total. The van der Waals surface area contributed by atoms with Crippen molar-refractivity contribution in [1.29, 1.82) is 0 Å². The largest absolute Gasteiger partial charge is 0.493 e. The fourth-order valence-electron chi connectivity index (χ4n) is 4.32. The Balaban J connectivity index is 1.91. The first-order valence-corrected chi connectivity index (χ1v) is 11.2. The van der Waals surface area contributed by atoms with Crippen LogP contribution in [0.1, 0.15) is 55.0 Å². The van der Waals surface area contributed by atoms with Crippen molar-refractivity contribution in [1.82, 2.24) is 14.8 Å². The molecule has 3 aromatic rings. The predicted molar refractivity (Wildman–Crippen MR) is 125 cm³/mol. The standard InChI is InChI=1S/C25H29N3O6/c1-14-26-27-23(34-14)17-11-16-15(9-21(17)33-8-6-7-32-5)10-22(25(2,3)4)28-13-18(24(30)31)20(29)12-19(16)28/h9,11-13,22H,6-8,10H2,1-5H3,(H,30,31). The Labute approximate surface area is 197 Å². The lowest BCUT2D eigenvalue weighted by Gasteiger charge is -2.39. The minimum absolute atomic E-state index is 0.0634. The maximum absolute atomic E-state index is 12.7. The minimum atomic E-state index is -1.24. The lowest BCUT2D eigenvalue weighted by atomic mass is 9.78. The molecular formula is C25H29N3O6. The van der Waals surface area contributed by atoms with Crippen LogP contribution in [0.15, 0.2) is 33.6 Å². The van der Waals surface area contributed by atoms with Gasteiger partial charge in [-0.25, -0.2) is 4.79 Å². The highest BCUT2D eigenvalue weighted by Gasteiger charge is 2.34. The minimum Gasteiger partial charge on any atom is -0.493 e. The summed E-state index contributed by atoms with van der Waals surface area (Å²) in [7, 11) is 1.65. The summed E-state index contributed by atoms with van der Waals surface area (Å²) in [5.41, 5.74) is 2.11. The second-order valence-electron chi connectivity index (χ2n) is 9.56. The monoisotopic (exact) mass is 467 g/mol. The Hall–Kier alpha value is -3.46. The second-order valence-corrected chi connectivity index (χ2v) is 9.56. The number of benzene rings is 1. The number of nitrogens with zero attached hydrogens (tertiary/aromatic N) is 3. The highest BCUT2D eigenvalue weighted by molar-refractivity contribution is 5.88. The summed E-state index contributed by atoms with van der Waals surface area (Å²) < 4.78 is 18.8. The summed E-state index contributed by atoms with van der Waals surface area (Å²) in [6, 6.07) is 5.20. The number of fused-ring (bicyclic) bond motifs is 3. The molecule has 0 aliphatic carbocycles. The number of hydrogen-bond donors (Lipinski definition) is 1. The van der Waals surface area contributed by atoms with E-state index in [0.29, 0.717) is 48.4 Å². The van der Waals surface area contributed by atoms with E-state index in [2.05, 4.69) is 31.0 Å². The SMILES string of the molecule is COCCCOc1cc2c(cc1-c1nnc(C)o1)-c1cc(=O)c(C(=O)O)cn1C(C(C)(C)C)C2. The number of pyridine rings is 1. The third-order valence-corrected chi connectivity index (χ3v) is 6.05. The van der Waals surface area contributed by atoms with Gasteiger partial charge in [0.15, 0.2) is 5.43 Å². The number of hydrogen-bond acceptors (Lipinski definition) is 7. The smallest absolute Gasteiger partial charge is 0.341 e. The topological polar surface area (TPSA) is 117 Å². The first kappa shape index (κ1) is 23.7. The van der Waals surface area contributed by atoms with Crippen molar-refractivity contribution < 1.29 is 23.8 Å². The van der Waals surface area contributed by atoms with Crippen LogP contribution in [0.2, 0.25) is 0 Å². The molecule has 0 radical (unpaired) electrons. The Morgan fingerprint density at radius 2 is 1.97 bits per heavy atom. The summed E-state index contributed by atoms with van der Waals surface area (Å²) >= 11 is 0. The molecule has 1 aliphatic heterocycles. The number of ether oxygens (including phenoxy) is 2. The number of carbonyl (C=O) groups is 1. The van der Waals surface area contributed by atoms with Crippen LogP contribution in [-0.2, 0) is 11.2 Å². The molecular weight excluding hydrogens is 438 g/mol. The van der Waals surface area contributed by atoms with Crippen LogP contribution in [0.5, 0.6) is 5.75 Å². The first-order valence-electron chi connectivity index (χ1n) is 11.2. The van der Waals surface area contributed by atoms with E-state index in [1.807, 2.05) is 16.7 Å². The lowest BCUT2D eigenvalue weighted by molar-refractivity contribution is 0.0693. The molecule has 1 aromatic carbocycles. The summed E-state index contributed by atoms with van der Waals surface area (Å²) in [6.45, 7) is 9.04. The fourth-order valence-corrected chi connectivity index (χ4v) is 4.32. The molecule has 0 bridgehead atoms. The van der Waals surface area contributed by atoms with Gasteiger partial charge in [-0.05, 0) is 29.5 Å². The van der Waals surface area contributed by atoms with Crippen molar-refractivity contribution >= 4 is 5.97 Å². The quantitative estimate of drug-likeness (QED) is 0.516. The van der Waals surface area contributed by atoms with Crippen LogP contribution in [-0.4, -0.2) is 46.2 Å². The van der Waals surface area contributed by atoms with E-state index >= 15 is 0 Å². The van der Waals surface area contributed by atoms with Crippen molar-refractivity contribution in [2.75, 3.05) is 20.3 Å². The average molecular weight is 468 g/mol. The zero-order valence-corrected chi connectivity index (χ0v) is 20.0. The molecule has 0 fully saturated rings. The summed E-state index contributed by atoms with van der Waals surface area (Å²) in [6.07, 6.45) is 2.83. The molecule has 9 nitrogen and oxygen atoms in total. The molecule has 180 valence electrons. The van der Waals surface area contributed by atoms with Gasteiger partial charge in [0.05, 0.1) is 17.9 Å². The molecule has 2 aromatic heterocycles. The summed E-state index contributed by atoms with van der Waals surface area (Å²) in [5, 5.41) is 17.7. The van der Waals surface area contributed by atoms with Crippen molar-refractivity contribution in [3.8, 4) is 28.5 Å². The number of carboxylic acids is 1. The van der Waals surface area contributed by atoms with Gasteiger partial charge in [-0.2, -0.15) is 0 Å². The number of aromatic carboxylic acids is 1. The van der Waals surface area contributed by atoms with Crippen molar-refractivity contribution in [3.63, 3.8) is 0 Å². The molecule has 0 spiro atoms. The van der Waals surface area contributed by atoms with E-state index < -0.39 is 11.4 Å². The van der Waals surface area contributed by atoms with Crippen LogP contribution in [0.25, 0.3) is 22.7 Å². The van der Waals surface area contributed by atoms with Crippen molar-refractivity contribution in [2.45, 2.75) is 46.6 Å². The fraction of sp³-hybridized carbons (Fsp3) is 0.440. The number of methoxy groups -OCH3 is 1. The zero-order chi connectivity index (χ0) is 24.6. The van der Waals surface area contributed by atoms with Gasteiger partial charge < -0.3 is 23.6 Å². The van der Waals surface area contributed by atoms with Crippen molar-refractivity contribution in [3.05, 3.63) is 51.6 Å². The van der Waals surface area contributed by atoms with Crippen molar-refractivity contribution in [2.24, 2.45) is 5.41 Å². The third-order valence-electron chi connectivity index (χ3n) is 6.05. The highest BCUT2D eigenvalue weighted by atomic mass is 16.5.